The number of esters is 1. The number of hydrogen-bond donors (Lipinski definition) is 1. The second kappa shape index (κ2) is 6.99. The van der Waals surface area contributed by atoms with Crippen molar-refractivity contribution in [3.05, 3.63) is 53.7 Å². The Hall–Kier alpha value is -3.35. The smallest absolute Gasteiger partial charge is 0.325 e. The summed E-state index contributed by atoms with van der Waals surface area (Å²) in [6, 6.07) is 11.5. The van der Waals surface area contributed by atoms with Gasteiger partial charge in [-0.1, -0.05) is 12.1 Å². The van der Waals surface area contributed by atoms with Crippen LogP contribution < -0.4 is 5.32 Å². The molecule has 7 heteroatoms. The number of benzene rings is 2. The molecule has 1 aliphatic heterocycles. The zero-order valence-electron chi connectivity index (χ0n) is 16.1. The minimum atomic E-state index is -0.396. The second-order valence-electron chi connectivity index (χ2n) is 6.85. The number of aromatic nitrogens is 2. The summed E-state index contributed by atoms with van der Waals surface area (Å²) in [6.07, 6.45) is 1.81. The molecule has 1 atom stereocenters. The molecule has 0 aliphatic carbocycles. The average molecular weight is 378 g/mol. The van der Waals surface area contributed by atoms with Gasteiger partial charge in [-0.15, -0.1) is 0 Å². The zero-order chi connectivity index (χ0) is 19.8. The maximum absolute atomic E-state index is 13.0. The van der Waals surface area contributed by atoms with Gasteiger partial charge in [-0.2, -0.15) is 5.10 Å². The van der Waals surface area contributed by atoms with E-state index in [1.54, 1.807) is 11.8 Å². The van der Waals surface area contributed by atoms with E-state index in [-0.39, 0.29) is 18.5 Å². The Kier molecular flexibility index (Phi) is 4.50. The molecule has 2 aromatic carbocycles. The molecule has 0 saturated heterocycles. The number of ether oxygens (including phenoxy) is 1. The van der Waals surface area contributed by atoms with E-state index in [2.05, 4.69) is 10.4 Å². The summed E-state index contributed by atoms with van der Waals surface area (Å²) in [5.74, 6) is -0.562. The van der Waals surface area contributed by atoms with Crippen LogP contribution in [0.15, 0.2) is 42.6 Å². The summed E-state index contributed by atoms with van der Waals surface area (Å²) in [6.45, 7) is 3.92. The van der Waals surface area contributed by atoms with Gasteiger partial charge in [0.15, 0.2) is 0 Å². The van der Waals surface area contributed by atoms with Gasteiger partial charge in [-0.25, -0.2) is 0 Å². The molecule has 0 saturated carbocycles. The van der Waals surface area contributed by atoms with Gasteiger partial charge < -0.3 is 15.0 Å². The predicted octanol–water partition coefficient (Wildman–Crippen LogP) is 3.40. The molecule has 1 aromatic heterocycles. The first-order chi connectivity index (χ1) is 13.5. The first-order valence-corrected chi connectivity index (χ1v) is 9.28. The van der Waals surface area contributed by atoms with Crippen molar-refractivity contribution in [3.8, 4) is 0 Å². The lowest BCUT2D eigenvalue weighted by Gasteiger charge is -2.20. The number of carbonyl (C=O) groups is 2. The van der Waals surface area contributed by atoms with Crippen molar-refractivity contribution in [3.63, 3.8) is 0 Å². The lowest BCUT2D eigenvalue weighted by molar-refractivity contribution is -0.144. The maximum atomic E-state index is 13.0. The van der Waals surface area contributed by atoms with Crippen LogP contribution in [0, 0.1) is 0 Å². The molecule has 2 heterocycles. The largest absolute Gasteiger partial charge is 0.465 e. The molecule has 4 rings (SSSR count). The van der Waals surface area contributed by atoms with Gasteiger partial charge >= 0.3 is 5.97 Å². The highest BCUT2D eigenvalue weighted by molar-refractivity contribution is 6.06. The quantitative estimate of drug-likeness (QED) is 0.689. The molecule has 1 aliphatic rings. The average Bonchev–Trinajstić information content (AvgIpc) is 3.16. The highest BCUT2D eigenvalue weighted by Crippen LogP contribution is 2.38. The molecule has 1 N–H and O–H groups in total. The monoisotopic (exact) mass is 378 g/mol. The number of nitrogens with zero attached hydrogens (tertiary/aromatic N) is 3. The molecule has 7 nitrogen and oxygen atoms in total. The third kappa shape index (κ3) is 2.98. The van der Waals surface area contributed by atoms with Crippen molar-refractivity contribution in [2.24, 2.45) is 7.05 Å². The Morgan fingerprint density at radius 2 is 2.11 bits per heavy atom. The summed E-state index contributed by atoms with van der Waals surface area (Å²) in [7, 11) is 1.90. The van der Waals surface area contributed by atoms with Gasteiger partial charge in [0.05, 0.1) is 35.6 Å². The molecule has 0 fully saturated rings. The highest BCUT2D eigenvalue weighted by Gasteiger charge is 2.37. The Morgan fingerprint density at radius 1 is 1.29 bits per heavy atom. The second-order valence-corrected chi connectivity index (χ2v) is 6.85. The Bertz CT molecular complexity index is 1070. The van der Waals surface area contributed by atoms with E-state index >= 15 is 0 Å². The van der Waals surface area contributed by atoms with Crippen LogP contribution in [0.1, 0.15) is 35.8 Å². The minimum Gasteiger partial charge on any atom is -0.465 e. The standard InChI is InChI=1S/C21H22N4O3/c1-4-28-19(26)12-25-13(2)16-6-5-7-17(20(16)21(25)27)23-15-8-9-18-14(10-15)11-22-24(18)3/h5-11,13,23H,4,12H2,1-3H3. The number of rotatable bonds is 5. The summed E-state index contributed by atoms with van der Waals surface area (Å²) in [5, 5.41) is 8.63. The molecule has 0 radical (unpaired) electrons. The van der Waals surface area contributed by atoms with Crippen LogP contribution in [0.25, 0.3) is 10.9 Å². The van der Waals surface area contributed by atoms with Crippen molar-refractivity contribution < 1.29 is 14.3 Å². The van der Waals surface area contributed by atoms with Crippen molar-refractivity contribution in [2.75, 3.05) is 18.5 Å². The Labute approximate surface area is 162 Å². The molecule has 3 aromatic rings. The van der Waals surface area contributed by atoms with Crippen LogP contribution in [-0.4, -0.2) is 39.7 Å². The lowest BCUT2D eigenvalue weighted by atomic mass is 10.0. The van der Waals surface area contributed by atoms with Gasteiger partial charge in [0.1, 0.15) is 6.54 Å². The molecule has 1 amide bonds. The topological polar surface area (TPSA) is 76.5 Å². The third-order valence-corrected chi connectivity index (χ3v) is 5.12. The van der Waals surface area contributed by atoms with E-state index < -0.39 is 5.97 Å². The van der Waals surface area contributed by atoms with Gasteiger partial charge in [0, 0.05) is 18.1 Å². The van der Waals surface area contributed by atoms with Crippen molar-refractivity contribution >= 4 is 34.2 Å². The molecular weight excluding hydrogens is 356 g/mol. The SMILES string of the molecule is CCOC(=O)CN1C(=O)c2c(Nc3ccc4c(cnn4C)c3)cccc2C1C. The van der Waals surface area contributed by atoms with Crippen LogP contribution in [0.2, 0.25) is 0 Å². The Balaban J connectivity index is 1.64. The van der Waals surface area contributed by atoms with Gasteiger partial charge in [-0.05, 0) is 43.7 Å². The van der Waals surface area contributed by atoms with Gasteiger partial charge in [0.25, 0.3) is 5.91 Å². The van der Waals surface area contributed by atoms with E-state index in [9.17, 15) is 9.59 Å². The third-order valence-electron chi connectivity index (χ3n) is 5.12. The van der Waals surface area contributed by atoms with Crippen LogP contribution in [0.5, 0.6) is 0 Å². The van der Waals surface area contributed by atoms with Crippen molar-refractivity contribution in [1.29, 1.82) is 0 Å². The van der Waals surface area contributed by atoms with Gasteiger partial charge in [-0.3, -0.25) is 14.3 Å². The first kappa shape index (κ1) is 18.0. The Morgan fingerprint density at radius 3 is 2.89 bits per heavy atom. The van der Waals surface area contributed by atoms with Crippen LogP contribution in [0.3, 0.4) is 0 Å². The van der Waals surface area contributed by atoms with Crippen molar-refractivity contribution in [1.82, 2.24) is 14.7 Å². The summed E-state index contributed by atoms with van der Waals surface area (Å²) in [5.41, 5.74) is 4.14. The fraction of sp³-hybridized carbons (Fsp3) is 0.286. The molecule has 1 unspecified atom stereocenters. The predicted molar refractivity (Wildman–Crippen MR) is 107 cm³/mol. The number of carbonyl (C=O) groups excluding carboxylic acids is 2. The highest BCUT2D eigenvalue weighted by atomic mass is 16.5. The first-order valence-electron chi connectivity index (χ1n) is 9.28. The number of aryl methyl sites for hydroxylation is 1. The lowest BCUT2D eigenvalue weighted by Crippen LogP contribution is -2.33. The summed E-state index contributed by atoms with van der Waals surface area (Å²) >= 11 is 0. The molecule has 144 valence electrons. The summed E-state index contributed by atoms with van der Waals surface area (Å²) < 4.78 is 6.83. The summed E-state index contributed by atoms with van der Waals surface area (Å²) in [4.78, 5) is 26.5. The zero-order valence-corrected chi connectivity index (χ0v) is 16.1. The minimum absolute atomic E-state index is 0.0520. The molecule has 28 heavy (non-hydrogen) atoms. The van der Waals surface area contributed by atoms with E-state index in [0.717, 1.165) is 27.8 Å². The molecular formula is C21H22N4O3. The van der Waals surface area contributed by atoms with E-state index in [0.29, 0.717) is 12.2 Å². The van der Waals surface area contributed by atoms with E-state index in [1.807, 2.05) is 61.2 Å². The van der Waals surface area contributed by atoms with Crippen molar-refractivity contribution in [2.45, 2.75) is 19.9 Å². The number of nitrogens with one attached hydrogen (secondary N) is 1. The van der Waals surface area contributed by atoms with Crippen LogP contribution >= 0.6 is 0 Å². The number of fused-ring (bicyclic) bond motifs is 2. The maximum Gasteiger partial charge on any atom is 0.325 e. The number of amides is 1. The fourth-order valence-electron chi connectivity index (χ4n) is 3.70. The normalized spacial score (nSPS) is 15.8. The molecule has 0 spiro atoms. The molecule has 0 bridgehead atoms. The number of hydrogen-bond acceptors (Lipinski definition) is 5. The fourth-order valence-corrected chi connectivity index (χ4v) is 3.70. The van der Waals surface area contributed by atoms with E-state index in [4.69, 9.17) is 4.74 Å². The van der Waals surface area contributed by atoms with E-state index in [1.165, 1.54) is 0 Å². The number of anilines is 2. The van der Waals surface area contributed by atoms with Crippen LogP contribution in [0.4, 0.5) is 11.4 Å². The van der Waals surface area contributed by atoms with Crippen LogP contribution in [-0.2, 0) is 16.6 Å². The van der Waals surface area contributed by atoms with Gasteiger partial charge in [0.2, 0.25) is 0 Å².